The van der Waals surface area contributed by atoms with E-state index in [1.165, 1.54) is 45.3 Å². The zero-order valence-electron chi connectivity index (χ0n) is 16.2. The van der Waals surface area contributed by atoms with E-state index in [0.29, 0.717) is 5.92 Å². The molecule has 5 aromatic rings. The van der Waals surface area contributed by atoms with Gasteiger partial charge >= 0.3 is 0 Å². The van der Waals surface area contributed by atoms with E-state index >= 15 is 0 Å². The van der Waals surface area contributed by atoms with Crippen molar-refractivity contribution in [2.75, 3.05) is 0 Å². The Morgan fingerprint density at radius 2 is 1.00 bits per heavy atom. The van der Waals surface area contributed by atoms with Crippen LogP contribution in [-0.2, 0) is 0 Å². The summed E-state index contributed by atoms with van der Waals surface area (Å²) in [5, 5.41) is 2.14. The average Bonchev–Trinajstić information content (AvgIpc) is 3.54. The Morgan fingerprint density at radius 1 is 0.517 bits per heavy atom. The first-order valence-electron chi connectivity index (χ1n) is 9.62. The van der Waals surface area contributed by atoms with Crippen LogP contribution >= 0.6 is 45.3 Å². The summed E-state index contributed by atoms with van der Waals surface area (Å²) < 4.78 is 0. The Bertz CT molecular complexity index is 1210. The standard InChI is InChI=1S/C25H20S4/c1-16(2)17-5-7-18(8-6-17)19-9-10-22(27-19)23-13-14-25(29-23)24-12-11-21(28-24)20-4-3-15-26-20/h3-16H,1-2H3. The Labute approximate surface area is 187 Å². The summed E-state index contributed by atoms with van der Waals surface area (Å²) in [6.07, 6.45) is 0. The van der Waals surface area contributed by atoms with Gasteiger partial charge in [-0.25, -0.2) is 0 Å². The fourth-order valence-electron chi connectivity index (χ4n) is 3.28. The molecule has 29 heavy (non-hydrogen) atoms. The van der Waals surface area contributed by atoms with Gasteiger partial charge in [0, 0.05) is 34.1 Å². The quantitative estimate of drug-likeness (QED) is 0.251. The van der Waals surface area contributed by atoms with Gasteiger partial charge in [0.1, 0.15) is 0 Å². The number of thiophene rings is 4. The average molecular weight is 449 g/mol. The summed E-state index contributed by atoms with van der Waals surface area (Å²) in [5.74, 6) is 0.574. The van der Waals surface area contributed by atoms with E-state index in [4.69, 9.17) is 0 Å². The molecule has 0 saturated carbocycles. The molecule has 4 heterocycles. The van der Waals surface area contributed by atoms with Crippen molar-refractivity contribution >= 4 is 45.3 Å². The van der Waals surface area contributed by atoms with Gasteiger partial charge in [-0.1, -0.05) is 44.2 Å². The van der Waals surface area contributed by atoms with Crippen LogP contribution in [0.2, 0.25) is 0 Å². The third-order valence-electron chi connectivity index (χ3n) is 4.93. The van der Waals surface area contributed by atoms with Crippen molar-refractivity contribution in [3.63, 3.8) is 0 Å². The molecule has 0 saturated heterocycles. The van der Waals surface area contributed by atoms with Gasteiger partial charge in [-0.15, -0.1) is 45.3 Å². The second-order valence-corrected chi connectivity index (χ2v) is 11.4. The second kappa shape index (κ2) is 8.04. The van der Waals surface area contributed by atoms with Crippen LogP contribution in [0.25, 0.3) is 39.7 Å². The lowest BCUT2D eigenvalue weighted by molar-refractivity contribution is 0.867. The predicted octanol–water partition coefficient (Wildman–Crippen LogP) is 9.72. The molecule has 0 unspecified atom stereocenters. The summed E-state index contributed by atoms with van der Waals surface area (Å²) in [6, 6.07) is 26.9. The number of rotatable bonds is 5. The highest BCUT2D eigenvalue weighted by Crippen LogP contribution is 2.43. The van der Waals surface area contributed by atoms with Gasteiger partial charge < -0.3 is 0 Å². The summed E-state index contributed by atoms with van der Waals surface area (Å²) in [7, 11) is 0. The molecule has 0 aliphatic heterocycles. The van der Waals surface area contributed by atoms with Crippen molar-refractivity contribution in [3.8, 4) is 39.7 Å². The van der Waals surface area contributed by atoms with Crippen molar-refractivity contribution in [1.82, 2.24) is 0 Å². The zero-order valence-corrected chi connectivity index (χ0v) is 19.5. The summed E-state index contributed by atoms with van der Waals surface area (Å²) in [5.41, 5.74) is 2.70. The summed E-state index contributed by atoms with van der Waals surface area (Å²) in [6.45, 7) is 4.48. The topological polar surface area (TPSA) is 0 Å². The number of hydrogen-bond acceptors (Lipinski definition) is 4. The lowest BCUT2D eigenvalue weighted by atomic mass is 10.0. The molecule has 144 valence electrons. The van der Waals surface area contributed by atoms with Crippen LogP contribution in [0.15, 0.2) is 78.2 Å². The molecule has 0 radical (unpaired) electrons. The van der Waals surface area contributed by atoms with Crippen molar-refractivity contribution in [1.29, 1.82) is 0 Å². The van der Waals surface area contributed by atoms with Crippen LogP contribution in [0.3, 0.4) is 0 Å². The molecule has 5 rings (SSSR count). The van der Waals surface area contributed by atoms with Crippen LogP contribution in [0.5, 0.6) is 0 Å². The van der Waals surface area contributed by atoms with Crippen LogP contribution in [0.4, 0.5) is 0 Å². The maximum absolute atomic E-state index is 2.27. The Kier molecular flexibility index (Phi) is 5.27. The van der Waals surface area contributed by atoms with Gasteiger partial charge in [0.2, 0.25) is 0 Å². The van der Waals surface area contributed by atoms with Gasteiger partial charge in [0.15, 0.2) is 0 Å². The van der Waals surface area contributed by atoms with Crippen molar-refractivity contribution in [3.05, 3.63) is 83.7 Å². The van der Waals surface area contributed by atoms with E-state index in [1.807, 2.05) is 34.0 Å². The molecule has 1 aromatic carbocycles. The molecule has 0 amide bonds. The molecule has 0 bridgehead atoms. The molecule has 0 aliphatic carbocycles. The fraction of sp³-hybridized carbons (Fsp3) is 0.120. The Balaban J connectivity index is 1.38. The zero-order chi connectivity index (χ0) is 19.8. The molecule has 4 aromatic heterocycles. The molecule has 0 N–H and O–H groups in total. The van der Waals surface area contributed by atoms with Crippen LogP contribution in [0, 0.1) is 0 Å². The number of hydrogen-bond donors (Lipinski definition) is 0. The lowest BCUT2D eigenvalue weighted by Crippen LogP contribution is -1.85. The van der Waals surface area contributed by atoms with Crippen LogP contribution < -0.4 is 0 Å². The van der Waals surface area contributed by atoms with Gasteiger partial charge in [-0.3, -0.25) is 0 Å². The maximum Gasteiger partial charge on any atom is 0.0449 e. The van der Waals surface area contributed by atoms with Crippen molar-refractivity contribution in [2.45, 2.75) is 19.8 Å². The van der Waals surface area contributed by atoms with Gasteiger partial charge in [-0.2, -0.15) is 0 Å². The predicted molar refractivity (Wildman–Crippen MR) is 134 cm³/mol. The fourth-order valence-corrected chi connectivity index (χ4v) is 7.32. The minimum Gasteiger partial charge on any atom is -0.143 e. The van der Waals surface area contributed by atoms with E-state index in [2.05, 4.69) is 92.0 Å². The first kappa shape index (κ1) is 19.0. The monoisotopic (exact) mass is 448 g/mol. The molecule has 0 fully saturated rings. The van der Waals surface area contributed by atoms with Gasteiger partial charge in [0.25, 0.3) is 0 Å². The first-order valence-corrected chi connectivity index (χ1v) is 12.9. The third-order valence-corrected chi connectivity index (χ3v) is 9.69. The third kappa shape index (κ3) is 3.90. The van der Waals surface area contributed by atoms with Crippen LogP contribution in [-0.4, -0.2) is 0 Å². The summed E-state index contributed by atoms with van der Waals surface area (Å²) in [4.78, 5) is 9.44. The molecule has 0 spiro atoms. The molecule has 0 atom stereocenters. The summed E-state index contributed by atoms with van der Waals surface area (Å²) >= 11 is 7.46. The largest absolute Gasteiger partial charge is 0.143 e. The molecule has 0 aliphatic rings. The van der Waals surface area contributed by atoms with E-state index < -0.39 is 0 Å². The normalized spacial score (nSPS) is 11.4. The van der Waals surface area contributed by atoms with Crippen molar-refractivity contribution in [2.24, 2.45) is 0 Å². The second-order valence-electron chi connectivity index (χ2n) is 7.25. The van der Waals surface area contributed by atoms with E-state index in [0.717, 1.165) is 0 Å². The van der Waals surface area contributed by atoms with E-state index in [9.17, 15) is 0 Å². The minimum atomic E-state index is 0.574. The van der Waals surface area contributed by atoms with Crippen molar-refractivity contribution < 1.29 is 0 Å². The van der Waals surface area contributed by atoms with Gasteiger partial charge in [-0.05, 0) is 64.9 Å². The number of benzene rings is 1. The van der Waals surface area contributed by atoms with Gasteiger partial charge in [0.05, 0.1) is 0 Å². The van der Waals surface area contributed by atoms with E-state index in [-0.39, 0.29) is 0 Å². The first-order chi connectivity index (χ1) is 14.2. The van der Waals surface area contributed by atoms with E-state index in [1.54, 1.807) is 11.3 Å². The minimum absolute atomic E-state index is 0.574. The molecule has 0 nitrogen and oxygen atoms in total. The molecular weight excluding hydrogens is 429 g/mol. The molecular formula is C25H20S4. The highest BCUT2D eigenvalue weighted by molar-refractivity contribution is 7.28. The Morgan fingerprint density at radius 3 is 1.48 bits per heavy atom. The highest BCUT2D eigenvalue weighted by Gasteiger charge is 2.11. The SMILES string of the molecule is CC(C)c1ccc(-c2ccc(-c3ccc(-c4ccc(-c5cccs5)s4)s3)s2)cc1. The smallest absolute Gasteiger partial charge is 0.0449 e. The highest BCUT2D eigenvalue weighted by atomic mass is 32.1. The maximum atomic E-state index is 2.27. The van der Waals surface area contributed by atoms with Crippen LogP contribution in [0.1, 0.15) is 25.3 Å². The molecule has 4 heteroatoms. The lowest BCUT2D eigenvalue weighted by Gasteiger charge is -2.05. The Hall–Kier alpha value is -1.98.